The molecule has 120 valence electrons. The molecule has 2 nitrogen and oxygen atoms in total. The minimum atomic E-state index is -3.56. The van der Waals surface area contributed by atoms with E-state index in [1.165, 1.54) is 0 Å². The first kappa shape index (κ1) is 17.0. The number of halogens is 1. The molecule has 0 saturated heterocycles. The van der Waals surface area contributed by atoms with E-state index in [1.54, 1.807) is 0 Å². The Kier molecular flexibility index (Phi) is 5.53. The van der Waals surface area contributed by atoms with Crippen LogP contribution in [0.5, 0.6) is 0 Å². The minimum absolute atomic E-state index is 0.187. The molecular formula is C20H17BrGeO2. The summed E-state index contributed by atoms with van der Waals surface area (Å²) in [5.74, 6) is -0.230. The van der Waals surface area contributed by atoms with Crippen LogP contribution >= 0.6 is 15.9 Å². The van der Waals surface area contributed by atoms with Gasteiger partial charge in [0.1, 0.15) is 0 Å². The average molecular weight is 442 g/mol. The maximum absolute atomic E-state index is 12.3. The van der Waals surface area contributed by atoms with Gasteiger partial charge in [-0.1, -0.05) is 0 Å². The monoisotopic (exact) mass is 442 g/mol. The summed E-state index contributed by atoms with van der Waals surface area (Å²) in [5, 5.41) is 0.187. The van der Waals surface area contributed by atoms with Gasteiger partial charge >= 0.3 is 154 Å². The molecule has 3 aromatic carbocycles. The van der Waals surface area contributed by atoms with Crippen LogP contribution < -0.4 is 13.2 Å². The number of carbonyl (C=O) groups excluding carboxylic acids is 1. The van der Waals surface area contributed by atoms with Crippen molar-refractivity contribution in [3.63, 3.8) is 0 Å². The van der Waals surface area contributed by atoms with E-state index >= 15 is 0 Å². The number of carbonyl (C=O) groups is 1. The topological polar surface area (TPSA) is 26.3 Å². The Morgan fingerprint density at radius 3 is 1.33 bits per heavy atom. The van der Waals surface area contributed by atoms with E-state index in [9.17, 15) is 4.79 Å². The Bertz CT molecular complexity index is 695. The van der Waals surface area contributed by atoms with Crippen molar-refractivity contribution in [1.82, 2.24) is 0 Å². The third-order valence-corrected chi connectivity index (χ3v) is 12.7. The molecular weight excluding hydrogens is 425 g/mol. The second kappa shape index (κ2) is 7.82. The molecule has 0 aliphatic carbocycles. The van der Waals surface area contributed by atoms with E-state index in [-0.39, 0.29) is 11.3 Å². The summed E-state index contributed by atoms with van der Waals surface area (Å²) in [7, 11) is 0. The first-order chi connectivity index (χ1) is 11.8. The van der Waals surface area contributed by atoms with Gasteiger partial charge in [0.25, 0.3) is 0 Å². The Balaban J connectivity index is 2.30. The molecule has 3 aromatic rings. The molecule has 24 heavy (non-hydrogen) atoms. The molecule has 3 rings (SSSR count). The fourth-order valence-corrected chi connectivity index (χ4v) is 11.3. The third kappa shape index (κ3) is 3.32. The average Bonchev–Trinajstić information content (AvgIpc) is 2.68. The number of rotatable bonds is 5. The zero-order valence-electron chi connectivity index (χ0n) is 13.1. The summed E-state index contributed by atoms with van der Waals surface area (Å²) in [4.78, 5) is 12.3. The molecule has 0 aliphatic heterocycles. The van der Waals surface area contributed by atoms with Gasteiger partial charge in [-0.25, -0.2) is 0 Å². The Hall–Kier alpha value is -1.85. The maximum atomic E-state index is 12.3. The molecule has 0 amide bonds. The van der Waals surface area contributed by atoms with Crippen molar-refractivity contribution < 1.29 is 8.56 Å². The number of alkyl halides is 1. The van der Waals surface area contributed by atoms with E-state index in [0.717, 1.165) is 13.2 Å². The van der Waals surface area contributed by atoms with Crippen LogP contribution in [0, 0.1) is 0 Å². The van der Waals surface area contributed by atoms with Crippen LogP contribution in [0.3, 0.4) is 0 Å². The van der Waals surface area contributed by atoms with Crippen LogP contribution in [-0.4, -0.2) is 24.9 Å². The van der Waals surface area contributed by atoms with E-state index in [1.807, 2.05) is 54.6 Å². The summed E-state index contributed by atoms with van der Waals surface area (Å²) in [5.41, 5.74) is 0. The zero-order chi connectivity index (χ0) is 16.8. The quantitative estimate of drug-likeness (QED) is 0.449. The number of benzene rings is 3. The van der Waals surface area contributed by atoms with Crippen molar-refractivity contribution in [3.05, 3.63) is 91.0 Å². The van der Waals surface area contributed by atoms with Crippen molar-refractivity contribution in [2.45, 2.75) is 0 Å². The fraction of sp³-hybridized carbons (Fsp3) is 0.0500. The molecule has 0 radical (unpaired) electrons. The molecule has 0 saturated carbocycles. The van der Waals surface area contributed by atoms with Gasteiger partial charge in [-0.15, -0.1) is 0 Å². The van der Waals surface area contributed by atoms with Crippen LogP contribution in [0.4, 0.5) is 0 Å². The first-order valence-electron chi connectivity index (χ1n) is 7.72. The standard InChI is InChI=1S/C20H17BrGeO2/c21-16-20(23)24-22(17-10-4-1-5-11-17,18-12-6-2-7-13-18)19-14-8-3-9-15-19/h1-15H,16H2. The van der Waals surface area contributed by atoms with Gasteiger partial charge in [-0.2, -0.15) is 0 Å². The fourth-order valence-electron chi connectivity index (χ4n) is 2.89. The van der Waals surface area contributed by atoms with Crippen molar-refractivity contribution in [2.24, 2.45) is 0 Å². The SMILES string of the molecule is O=C(CBr)[O][Ge]([c]1ccccc1)([c]1ccccc1)[c]1ccccc1. The zero-order valence-corrected chi connectivity index (χ0v) is 16.7. The third-order valence-electron chi connectivity index (χ3n) is 3.92. The van der Waals surface area contributed by atoms with Crippen LogP contribution in [0.1, 0.15) is 0 Å². The predicted molar refractivity (Wildman–Crippen MR) is 104 cm³/mol. The van der Waals surface area contributed by atoms with Crippen LogP contribution in [0.25, 0.3) is 0 Å². The Labute approximate surface area is 153 Å². The number of hydrogen-bond donors (Lipinski definition) is 0. The molecule has 0 aliphatic rings. The summed E-state index contributed by atoms with van der Waals surface area (Å²) in [6, 6.07) is 30.4. The van der Waals surface area contributed by atoms with Gasteiger partial charge in [0.05, 0.1) is 0 Å². The molecule has 4 heteroatoms. The van der Waals surface area contributed by atoms with Gasteiger partial charge in [-0.3, -0.25) is 0 Å². The summed E-state index contributed by atoms with van der Waals surface area (Å²) in [6.45, 7) is 0. The number of hydrogen-bond acceptors (Lipinski definition) is 2. The van der Waals surface area contributed by atoms with Gasteiger partial charge in [-0.05, 0) is 0 Å². The normalized spacial score (nSPS) is 11.0. The van der Waals surface area contributed by atoms with Gasteiger partial charge in [0.2, 0.25) is 0 Å². The molecule has 0 aromatic heterocycles. The van der Waals surface area contributed by atoms with E-state index in [2.05, 4.69) is 52.3 Å². The van der Waals surface area contributed by atoms with E-state index in [0.29, 0.717) is 0 Å². The molecule has 0 heterocycles. The van der Waals surface area contributed by atoms with Crippen LogP contribution in [0.2, 0.25) is 0 Å². The van der Waals surface area contributed by atoms with Gasteiger partial charge in [0.15, 0.2) is 0 Å². The second-order valence-electron chi connectivity index (χ2n) is 5.39. The molecule has 0 N–H and O–H groups in total. The van der Waals surface area contributed by atoms with Crippen LogP contribution in [0.15, 0.2) is 91.0 Å². The Morgan fingerprint density at radius 2 is 1.04 bits per heavy atom. The summed E-state index contributed by atoms with van der Waals surface area (Å²) in [6.07, 6.45) is 0. The van der Waals surface area contributed by atoms with Crippen molar-refractivity contribution >= 4 is 48.7 Å². The first-order valence-corrected chi connectivity index (χ1v) is 12.8. The van der Waals surface area contributed by atoms with Crippen LogP contribution in [-0.2, 0) is 8.56 Å². The van der Waals surface area contributed by atoms with Crippen molar-refractivity contribution in [2.75, 3.05) is 5.33 Å². The van der Waals surface area contributed by atoms with Gasteiger partial charge < -0.3 is 0 Å². The molecule has 0 bridgehead atoms. The summed E-state index contributed by atoms with van der Waals surface area (Å²) >= 11 is -0.315. The predicted octanol–water partition coefficient (Wildman–Crippen LogP) is 2.59. The van der Waals surface area contributed by atoms with Crippen molar-refractivity contribution in [3.8, 4) is 0 Å². The second-order valence-corrected chi connectivity index (χ2v) is 12.9. The Morgan fingerprint density at radius 1 is 0.708 bits per heavy atom. The van der Waals surface area contributed by atoms with E-state index < -0.39 is 13.6 Å². The molecule has 0 atom stereocenters. The van der Waals surface area contributed by atoms with Crippen molar-refractivity contribution in [1.29, 1.82) is 0 Å². The van der Waals surface area contributed by atoms with E-state index in [4.69, 9.17) is 3.76 Å². The molecule has 0 spiro atoms. The summed E-state index contributed by atoms with van der Waals surface area (Å²) < 4.78 is 9.55. The van der Waals surface area contributed by atoms with Gasteiger partial charge in [0, 0.05) is 0 Å². The molecule has 0 unspecified atom stereocenters. The molecule has 0 fully saturated rings.